The topological polar surface area (TPSA) is 106 Å². The number of rotatable bonds is 9. The molecular formula is C21H24O7. The number of hydrogen-bond donors (Lipinski definition) is 2. The lowest BCUT2D eigenvalue weighted by Gasteiger charge is -2.10. The van der Waals surface area contributed by atoms with Crippen LogP contribution in [0.5, 0.6) is 17.2 Å². The zero-order valence-electron chi connectivity index (χ0n) is 16.2. The molecule has 28 heavy (non-hydrogen) atoms. The Labute approximate surface area is 162 Å². The Balaban J connectivity index is 2.19. The van der Waals surface area contributed by atoms with Crippen LogP contribution in [-0.2, 0) is 4.79 Å². The molecule has 7 heteroatoms. The Bertz CT molecular complexity index is 963. The summed E-state index contributed by atoms with van der Waals surface area (Å²) < 4.78 is 15.7. The van der Waals surface area contributed by atoms with Crippen LogP contribution < -0.4 is 15.1 Å². The van der Waals surface area contributed by atoms with Gasteiger partial charge >= 0.3 is 11.6 Å². The fourth-order valence-electron chi connectivity index (χ4n) is 2.50. The van der Waals surface area contributed by atoms with Crippen LogP contribution in [0.2, 0.25) is 0 Å². The van der Waals surface area contributed by atoms with Crippen molar-refractivity contribution in [3.63, 3.8) is 0 Å². The molecule has 0 saturated heterocycles. The van der Waals surface area contributed by atoms with Crippen molar-refractivity contribution < 1.29 is 28.9 Å². The van der Waals surface area contributed by atoms with Gasteiger partial charge in [-0.15, -0.1) is 0 Å². The van der Waals surface area contributed by atoms with Crippen molar-refractivity contribution in [2.75, 3.05) is 13.2 Å². The Hall–Kier alpha value is -3.22. The highest BCUT2D eigenvalue weighted by atomic mass is 16.5. The van der Waals surface area contributed by atoms with Crippen molar-refractivity contribution in [1.29, 1.82) is 0 Å². The molecule has 2 N–H and O–H groups in total. The molecule has 0 aliphatic heterocycles. The molecule has 1 heterocycles. The average molecular weight is 388 g/mol. The van der Waals surface area contributed by atoms with Crippen LogP contribution in [0.25, 0.3) is 11.0 Å². The number of hydrogen-bond acceptors (Lipinski definition) is 6. The third kappa shape index (κ3) is 5.64. The number of benzene rings is 1. The van der Waals surface area contributed by atoms with Crippen LogP contribution in [0.3, 0.4) is 0 Å². The van der Waals surface area contributed by atoms with E-state index >= 15 is 0 Å². The molecule has 2 aromatic rings. The monoisotopic (exact) mass is 388 g/mol. The predicted octanol–water partition coefficient (Wildman–Crippen LogP) is 4.03. The van der Waals surface area contributed by atoms with E-state index in [2.05, 4.69) is 6.08 Å². The van der Waals surface area contributed by atoms with E-state index in [9.17, 15) is 14.7 Å². The van der Waals surface area contributed by atoms with Gasteiger partial charge in [-0.25, -0.2) is 9.59 Å². The summed E-state index contributed by atoms with van der Waals surface area (Å²) in [5.41, 5.74) is 1.46. The van der Waals surface area contributed by atoms with Gasteiger partial charge in [-0.3, -0.25) is 0 Å². The van der Waals surface area contributed by atoms with Crippen LogP contribution >= 0.6 is 0 Å². The molecule has 0 spiro atoms. The third-order valence-electron chi connectivity index (χ3n) is 3.93. The zero-order valence-corrected chi connectivity index (χ0v) is 16.2. The van der Waals surface area contributed by atoms with E-state index in [4.69, 9.17) is 19.0 Å². The first kappa shape index (κ1) is 21.1. The van der Waals surface area contributed by atoms with Crippen molar-refractivity contribution in [3.05, 3.63) is 51.9 Å². The van der Waals surface area contributed by atoms with Crippen LogP contribution in [0.4, 0.5) is 0 Å². The quantitative estimate of drug-likeness (QED) is 0.493. The second kappa shape index (κ2) is 9.64. The molecular weight excluding hydrogens is 364 g/mol. The molecule has 0 radical (unpaired) electrons. The van der Waals surface area contributed by atoms with Gasteiger partial charge in [-0.05, 0) is 51.8 Å². The molecule has 0 aliphatic carbocycles. The molecule has 0 aliphatic rings. The number of aliphatic carboxylic acids is 1. The van der Waals surface area contributed by atoms with E-state index < -0.39 is 18.2 Å². The normalized spacial score (nSPS) is 11.3. The molecule has 0 amide bonds. The fourth-order valence-corrected chi connectivity index (χ4v) is 2.50. The molecule has 7 nitrogen and oxygen atoms in total. The highest BCUT2D eigenvalue weighted by Crippen LogP contribution is 2.35. The lowest BCUT2D eigenvalue weighted by atomic mass is 10.1. The molecule has 0 unspecified atom stereocenters. The zero-order chi connectivity index (χ0) is 20.7. The average Bonchev–Trinajstić information content (AvgIpc) is 2.62. The van der Waals surface area contributed by atoms with Crippen molar-refractivity contribution in [2.45, 2.75) is 33.6 Å². The number of ether oxygens (including phenoxy) is 2. The first-order chi connectivity index (χ1) is 13.3. The van der Waals surface area contributed by atoms with E-state index in [1.165, 1.54) is 17.7 Å². The van der Waals surface area contributed by atoms with Gasteiger partial charge in [-0.1, -0.05) is 23.3 Å². The third-order valence-corrected chi connectivity index (χ3v) is 3.93. The first-order valence-electron chi connectivity index (χ1n) is 8.84. The number of carboxylic acid groups (broad SMARTS) is 1. The van der Waals surface area contributed by atoms with Gasteiger partial charge in [-0.2, -0.15) is 0 Å². The number of allylic oxidation sites excluding steroid dienone is 3. The minimum atomic E-state index is -1.17. The molecule has 1 aromatic carbocycles. The summed E-state index contributed by atoms with van der Waals surface area (Å²) in [5.74, 6) is -1.79. The maximum atomic E-state index is 12.2. The molecule has 1 aromatic heterocycles. The second-order valence-electron chi connectivity index (χ2n) is 6.56. The van der Waals surface area contributed by atoms with Crippen LogP contribution in [-0.4, -0.2) is 29.4 Å². The van der Waals surface area contributed by atoms with Gasteiger partial charge in [0.25, 0.3) is 0 Å². The Kier molecular flexibility index (Phi) is 7.26. The molecule has 0 fully saturated rings. The van der Waals surface area contributed by atoms with E-state index in [1.54, 1.807) is 6.07 Å². The minimum absolute atomic E-state index is 0.0351. The standard InChI is InChI=1S/C21H24O7/c1-13(2)6-4-7-14(3)10-11-26-20-18(24)15-8-5-9-16(27-12-17(22)23)19(15)28-21(20)25/h5-6,8-10,24H,4,7,11-12H2,1-3H3,(H,22,23). The SMILES string of the molecule is CC(C)=CCCC(C)=CCOc1c(O)c2cccc(OCC(=O)O)c2oc1=O. The largest absolute Gasteiger partial charge is 0.504 e. The number of para-hydroxylation sites is 1. The van der Waals surface area contributed by atoms with Gasteiger partial charge in [0.05, 0.1) is 5.39 Å². The maximum Gasteiger partial charge on any atom is 0.383 e. The van der Waals surface area contributed by atoms with Gasteiger partial charge < -0.3 is 24.1 Å². The summed E-state index contributed by atoms with van der Waals surface area (Å²) in [6.07, 6.45) is 5.78. The molecule has 0 saturated carbocycles. The van der Waals surface area contributed by atoms with E-state index in [1.807, 2.05) is 26.8 Å². The number of carboxylic acids is 1. The van der Waals surface area contributed by atoms with E-state index in [0.29, 0.717) is 0 Å². The number of aromatic hydroxyl groups is 1. The van der Waals surface area contributed by atoms with Gasteiger partial charge in [0.1, 0.15) is 6.61 Å². The summed E-state index contributed by atoms with van der Waals surface area (Å²) in [4.78, 5) is 22.9. The van der Waals surface area contributed by atoms with Crippen molar-refractivity contribution >= 4 is 16.9 Å². The Morgan fingerprint density at radius 3 is 2.61 bits per heavy atom. The molecule has 150 valence electrons. The van der Waals surface area contributed by atoms with Crippen LogP contribution in [0.1, 0.15) is 33.6 Å². The first-order valence-corrected chi connectivity index (χ1v) is 8.84. The lowest BCUT2D eigenvalue weighted by molar-refractivity contribution is -0.139. The summed E-state index contributed by atoms with van der Waals surface area (Å²) in [6.45, 7) is 5.57. The molecule has 0 atom stereocenters. The van der Waals surface area contributed by atoms with E-state index in [0.717, 1.165) is 18.4 Å². The molecule has 2 rings (SSSR count). The maximum absolute atomic E-state index is 12.2. The Morgan fingerprint density at radius 1 is 1.18 bits per heavy atom. The fraction of sp³-hybridized carbons (Fsp3) is 0.333. The van der Waals surface area contributed by atoms with Gasteiger partial charge in [0, 0.05) is 0 Å². The summed E-state index contributed by atoms with van der Waals surface area (Å²) in [5, 5.41) is 19.3. The Morgan fingerprint density at radius 2 is 1.93 bits per heavy atom. The second-order valence-corrected chi connectivity index (χ2v) is 6.56. The van der Waals surface area contributed by atoms with Crippen LogP contribution in [0.15, 0.2) is 50.7 Å². The smallest absolute Gasteiger partial charge is 0.383 e. The number of fused-ring (bicyclic) bond motifs is 1. The van der Waals surface area contributed by atoms with E-state index in [-0.39, 0.29) is 34.8 Å². The minimum Gasteiger partial charge on any atom is -0.504 e. The van der Waals surface area contributed by atoms with Gasteiger partial charge in [0.15, 0.2) is 23.7 Å². The van der Waals surface area contributed by atoms with Crippen molar-refractivity contribution in [3.8, 4) is 17.2 Å². The summed E-state index contributed by atoms with van der Waals surface area (Å²) >= 11 is 0. The summed E-state index contributed by atoms with van der Waals surface area (Å²) in [7, 11) is 0. The number of carbonyl (C=O) groups is 1. The highest BCUT2D eigenvalue weighted by molar-refractivity contribution is 5.89. The van der Waals surface area contributed by atoms with Crippen molar-refractivity contribution in [2.24, 2.45) is 0 Å². The van der Waals surface area contributed by atoms with Gasteiger partial charge in [0.2, 0.25) is 5.75 Å². The molecule has 0 bridgehead atoms. The summed E-state index contributed by atoms with van der Waals surface area (Å²) in [6, 6.07) is 4.53. The van der Waals surface area contributed by atoms with Crippen molar-refractivity contribution in [1.82, 2.24) is 0 Å². The highest BCUT2D eigenvalue weighted by Gasteiger charge is 2.18. The van der Waals surface area contributed by atoms with Crippen LogP contribution in [0, 0.1) is 0 Å². The predicted molar refractivity (Wildman–Crippen MR) is 105 cm³/mol. The lowest BCUT2D eigenvalue weighted by Crippen LogP contribution is -2.11.